The second-order valence-corrected chi connectivity index (χ2v) is 8.12. The van der Waals surface area contributed by atoms with Crippen LogP contribution < -0.4 is 5.32 Å². The summed E-state index contributed by atoms with van der Waals surface area (Å²) < 4.78 is 46.2. The molecule has 0 saturated carbocycles. The van der Waals surface area contributed by atoms with Gasteiger partial charge < -0.3 is 10.1 Å². The molecular formula is C22H23F3N4O3S. The van der Waals surface area contributed by atoms with Crippen molar-refractivity contribution < 1.29 is 27.5 Å². The zero-order valence-electron chi connectivity index (χ0n) is 18.1. The number of esters is 1. The number of halogens is 3. The van der Waals surface area contributed by atoms with Gasteiger partial charge in [0.25, 0.3) is 5.91 Å². The second-order valence-electron chi connectivity index (χ2n) is 7.18. The van der Waals surface area contributed by atoms with Gasteiger partial charge in [-0.1, -0.05) is 0 Å². The number of rotatable bonds is 9. The fourth-order valence-corrected chi connectivity index (χ4v) is 3.97. The van der Waals surface area contributed by atoms with E-state index in [1.165, 1.54) is 31.2 Å². The molecule has 0 fully saturated rings. The Morgan fingerprint density at radius 2 is 1.91 bits per heavy atom. The normalized spacial score (nSPS) is 11.4. The van der Waals surface area contributed by atoms with E-state index in [0.29, 0.717) is 16.8 Å². The first-order valence-electron chi connectivity index (χ1n) is 10.3. The van der Waals surface area contributed by atoms with Crippen molar-refractivity contribution in [3.63, 3.8) is 0 Å². The summed E-state index contributed by atoms with van der Waals surface area (Å²) in [5.74, 6) is -1.42. The fourth-order valence-electron chi connectivity index (χ4n) is 3.15. The van der Waals surface area contributed by atoms with E-state index >= 15 is 0 Å². The number of carbonyl (C=O) groups is 2. The highest BCUT2D eigenvalue weighted by Gasteiger charge is 2.41. The molecule has 0 spiro atoms. The number of nitrogens with one attached hydrogen (secondary N) is 1. The Hall–Kier alpha value is -3.21. The van der Waals surface area contributed by atoms with Crippen LogP contribution in [0.4, 0.5) is 13.2 Å². The second kappa shape index (κ2) is 10.6. The Bertz CT molecular complexity index is 1110. The van der Waals surface area contributed by atoms with E-state index in [0.717, 1.165) is 36.2 Å². The number of alkyl halides is 3. The van der Waals surface area contributed by atoms with Crippen LogP contribution in [0, 0.1) is 6.92 Å². The van der Waals surface area contributed by atoms with Crippen molar-refractivity contribution >= 4 is 23.2 Å². The topological polar surface area (TPSA) is 86.1 Å². The van der Waals surface area contributed by atoms with Gasteiger partial charge in [0.1, 0.15) is 5.56 Å². The lowest BCUT2D eigenvalue weighted by molar-refractivity contribution is -0.143. The average molecular weight is 481 g/mol. The van der Waals surface area contributed by atoms with E-state index in [4.69, 9.17) is 4.74 Å². The summed E-state index contributed by atoms with van der Waals surface area (Å²) >= 11 is 1.62. The third-order valence-corrected chi connectivity index (χ3v) is 5.70. The van der Waals surface area contributed by atoms with E-state index in [2.05, 4.69) is 15.4 Å². The van der Waals surface area contributed by atoms with Gasteiger partial charge >= 0.3 is 12.1 Å². The first kappa shape index (κ1) is 24.4. The fraction of sp³-hybridized carbons (Fsp3) is 0.364. The van der Waals surface area contributed by atoms with Crippen LogP contribution in [0.15, 0.2) is 35.8 Å². The molecule has 1 N–H and O–H groups in total. The smallest absolute Gasteiger partial charge is 0.434 e. The standard InChI is InChI=1S/C22H23F3N4O3S/c1-3-32-21(31)17-12-27-29(19(17)22(23,24)25)16-9-7-15(8-10-16)20(30)26-11-5-4-6-18-28-14(2)13-33-18/h7-10,12-13H,3-6,11H2,1-2H3,(H,26,30). The maximum absolute atomic E-state index is 13.6. The zero-order valence-corrected chi connectivity index (χ0v) is 18.9. The van der Waals surface area contributed by atoms with Crippen molar-refractivity contribution in [2.45, 2.75) is 39.3 Å². The molecule has 0 atom stereocenters. The van der Waals surface area contributed by atoms with Crippen molar-refractivity contribution in [1.29, 1.82) is 0 Å². The van der Waals surface area contributed by atoms with Gasteiger partial charge in [-0.2, -0.15) is 18.3 Å². The highest BCUT2D eigenvalue weighted by atomic mass is 32.1. The monoisotopic (exact) mass is 480 g/mol. The number of nitrogens with zero attached hydrogens (tertiary/aromatic N) is 3. The molecule has 0 aliphatic heterocycles. The van der Waals surface area contributed by atoms with Gasteiger partial charge in [0.05, 0.1) is 23.5 Å². The first-order chi connectivity index (χ1) is 15.7. The predicted octanol–water partition coefficient (Wildman–Crippen LogP) is 4.59. The predicted molar refractivity (Wildman–Crippen MR) is 117 cm³/mol. The van der Waals surface area contributed by atoms with E-state index in [9.17, 15) is 22.8 Å². The molecule has 7 nitrogen and oxygen atoms in total. The number of carbonyl (C=O) groups excluding carboxylic acids is 2. The molecule has 1 aromatic carbocycles. The molecule has 0 aliphatic rings. The lowest BCUT2D eigenvalue weighted by Gasteiger charge is -2.13. The summed E-state index contributed by atoms with van der Waals surface area (Å²) in [4.78, 5) is 28.6. The Kier molecular flexibility index (Phi) is 7.85. The molecule has 33 heavy (non-hydrogen) atoms. The molecule has 0 bridgehead atoms. The van der Waals surface area contributed by atoms with Crippen LogP contribution in [0.1, 0.15) is 56.9 Å². The number of aromatic nitrogens is 3. The van der Waals surface area contributed by atoms with Gasteiger partial charge in [0.2, 0.25) is 0 Å². The Labute approximate surface area is 192 Å². The minimum absolute atomic E-state index is 0.0598. The molecule has 0 aliphatic carbocycles. The number of hydrogen-bond acceptors (Lipinski definition) is 6. The summed E-state index contributed by atoms with van der Waals surface area (Å²) in [6.07, 6.45) is -1.49. The molecule has 0 saturated heterocycles. The number of ether oxygens (including phenoxy) is 1. The number of aryl methyl sites for hydroxylation is 2. The molecule has 0 unspecified atom stereocenters. The lowest BCUT2D eigenvalue weighted by atomic mass is 10.1. The van der Waals surface area contributed by atoms with Crippen LogP contribution in [0.3, 0.4) is 0 Å². The molecule has 3 aromatic rings. The zero-order chi connectivity index (χ0) is 24.0. The van der Waals surface area contributed by atoms with Crippen molar-refractivity contribution in [2.75, 3.05) is 13.2 Å². The molecular weight excluding hydrogens is 457 g/mol. The maximum Gasteiger partial charge on any atom is 0.434 e. The van der Waals surface area contributed by atoms with Gasteiger partial charge in [-0.3, -0.25) is 4.79 Å². The summed E-state index contributed by atoms with van der Waals surface area (Å²) in [6, 6.07) is 5.51. The van der Waals surface area contributed by atoms with Crippen LogP contribution in [-0.4, -0.2) is 39.8 Å². The van der Waals surface area contributed by atoms with Gasteiger partial charge in [0.15, 0.2) is 5.69 Å². The van der Waals surface area contributed by atoms with Crippen LogP contribution in [0.5, 0.6) is 0 Å². The number of benzene rings is 1. The number of thiazole rings is 1. The molecule has 3 rings (SSSR count). The van der Waals surface area contributed by atoms with E-state index in [1.807, 2.05) is 12.3 Å². The van der Waals surface area contributed by atoms with Crippen LogP contribution >= 0.6 is 11.3 Å². The van der Waals surface area contributed by atoms with Crippen molar-refractivity contribution in [1.82, 2.24) is 20.1 Å². The highest BCUT2D eigenvalue weighted by Crippen LogP contribution is 2.34. The molecule has 176 valence electrons. The highest BCUT2D eigenvalue weighted by molar-refractivity contribution is 7.09. The van der Waals surface area contributed by atoms with Gasteiger partial charge in [-0.05, 0) is 57.4 Å². The molecule has 2 aromatic heterocycles. The summed E-state index contributed by atoms with van der Waals surface area (Å²) in [6.45, 7) is 3.86. The van der Waals surface area contributed by atoms with Gasteiger partial charge in [-0.25, -0.2) is 14.5 Å². The maximum atomic E-state index is 13.6. The van der Waals surface area contributed by atoms with Crippen LogP contribution in [0.25, 0.3) is 5.69 Å². The summed E-state index contributed by atoms with van der Waals surface area (Å²) in [5, 5.41) is 9.58. The average Bonchev–Trinajstić information content (AvgIpc) is 3.40. The minimum Gasteiger partial charge on any atom is -0.462 e. The SMILES string of the molecule is CCOC(=O)c1cnn(-c2ccc(C(=O)NCCCCc3nc(C)cs3)cc2)c1C(F)(F)F. The molecule has 2 heterocycles. The van der Waals surface area contributed by atoms with E-state index in [-0.39, 0.29) is 18.2 Å². The Morgan fingerprint density at radius 1 is 1.18 bits per heavy atom. The Balaban J connectivity index is 1.62. The van der Waals surface area contributed by atoms with Gasteiger partial charge in [0, 0.05) is 23.2 Å². The number of amides is 1. The third kappa shape index (κ3) is 6.19. The minimum atomic E-state index is -4.83. The quantitative estimate of drug-likeness (QED) is 0.358. The number of hydrogen-bond donors (Lipinski definition) is 1. The third-order valence-electron chi connectivity index (χ3n) is 4.68. The van der Waals surface area contributed by atoms with Crippen LogP contribution in [-0.2, 0) is 17.3 Å². The largest absolute Gasteiger partial charge is 0.462 e. The van der Waals surface area contributed by atoms with Crippen molar-refractivity contribution in [2.24, 2.45) is 0 Å². The lowest BCUT2D eigenvalue weighted by Crippen LogP contribution is -2.24. The molecule has 11 heteroatoms. The molecule has 1 amide bonds. The Morgan fingerprint density at radius 3 is 2.52 bits per heavy atom. The number of unbranched alkanes of at least 4 members (excludes halogenated alkanes) is 1. The first-order valence-corrected chi connectivity index (χ1v) is 11.2. The van der Waals surface area contributed by atoms with E-state index in [1.54, 1.807) is 11.3 Å². The van der Waals surface area contributed by atoms with Gasteiger partial charge in [-0.15, -0.1) is 11.3 Å². The van der Waals surface area contributed by atoms with E-state index < -0.39 is 23.4 Å². The van der Waals surface area contributed by atoms with Crippen molar-refractivity contribution in [3.8, 4) is 5.69 Å². The molecule has 0 radical (unpaired) electrons. The van der Waals surface area contributed by atoms with Crippen LogP contribution in [0.2, 0.25) is 0 Å². The van der Waals surface area contributed by atoms with Crippen molar-refractivity contribution in [3.05, 3.63) is 63.4 Å². The summed E-state index contributed by atoms with van der Waals surface area (Å²) in [7, 11) is 0. The summed E-state index contributed by atoms with van der Waals surface area (Å²) in [5.41, 5.74) is -0.525.